The lowest BCUT2D eigenvalue weighted by Gasteiger charge is -2.38. The lowest BCUT2D eigenvalue weighted by atomic mass is 9.83. The summed E-state index contributed by atoms with van der Waals surface area (Å²) in [5.41, 5.74) is 0.738. The molecule has 5 heteroatoms. The van der Waals surface area contributed by atoms with E-state index in [0.717, 1.165) is 43.1 Å². The second kappa shape index (κ2) is 6.36. The Morgan fingerprint density at radius 3 is 2.46 bits per heavy atom. The maximum absolute atomic E-state index is 13.1. The summed E-state index contributed by atoms with van der Waals surface area (Å²) in [6.07, 6.45) is 5.89. The van der Waals surface area contributed by atoms with Gasteiger partial charge in [-0.3, -0.25) is 0 Å². The van der Waals surface area contributed by atoms with E-state index >= 15 is 0 Å². The van der Waals surface area contributed by atoms with Crippen LogP contribution >= 0.6 is 0 Å². The van der Waals surface area contributed by atoms with Crippen LogP contribution in [0.1, 0.15) is 37.7 Å². The number of fused-ring (bicyclic) bond motifs is 1. The van der Waals surface area contributed by atoms with Crippen molar-refractivity contribution in [2.24, 2.45) is 11.8 Å². The highest BCUT2D eigenvalue weighted by molar-refractivity contribution is 5.75. The van der Waals surface area contributed by atoms with Crippen LogP contribution in [-0.2, 0) is 11.2 Å². The van der Waals surface area contributed by atoms with Crippen molar-refractivity contribution in [3.05, 3.63) is 35.6 Å². The molecule has 3 aliphatic rings. The molecule has 2 unspecified atom stereocenters. The van der Waals surface area contributed by atoms with Crippen molar-refractivity contribution in [1.29, 1.82) is 0 Å². The van der Waals surface area contributed by atoms with Crippen molar-refractivity contribution >= 4 is 6.03 Å². The van der Waals surface area contributed by atoms with Crippen molar-refractivity contribution in [1.82, 2.24) is 10.6 Å². The van der Waals surface area contributed by atoms with Crippen LogP contribution in [0.5, 0.6) is 0 Å². The summed E-state index contributed by atoms with van der Waals surface area (Å²) in [5, 5.41) is 6.38. The third kappa shape index (κ3) is 3.56. The van der Waals surface area contributed by atoms with E-state index in [1.165, 1.54) is 18.6 Å². The molecule has 2 amide bonds. The van der Waals surface area contributed by atoms with E-state index in [9.17, 15) is 9.18 Å². The minimum atomic E-state index is -0.304. The van der Waals surface area contributed by atoms with Gasteiger partial charge in [0, 0.05) is 19.3 Å². The first-order valence-corrected chi connectivity index (χ1v) is 9.03. The zero-order valence-electron chi connectivity index (χ0n) is 13.9. The van der Waals surface area contributed by atoms with Crippen molar-refractivity contribution in [2.45, 2.75) is 50.1 Å². The fourth-order valence-electron chi connectivity index (χ4n) is 4.40. The molecule has 2 saturated carbocycles. The fourth-order valence-corrected chi connectivity index (χ4v) is 4.40. The maximum atomic E-state index is 13.1. The summed E-state index contributed by atoms with van der Waals surface area (Å²) in [4.78, 5) is 12.5. The molecule has 0 bridgehead atoms. The van der Waals surface area contributed by atoms with Crippen LogP contribution < -0.4 is 10.6 Å². The van der Waals surface area contributed by atoms with Crippen molar-refractivity contribution in [3.8, 4) is 0 Å². The van der Waals surface area contributed by atoms with E-state index in [-0.39, 0.29) is 17.4 Å². The van der Waals surface area contributed by atoms with Crippen molar-refractivity contribution in [2.75, 3.05) is 13.2 Å². The molecule has 24 heavy (non-hydrogen) atoms. The van der Waals surface area contributed by atoms with Gasteiger partial charge < -0.3 is 15.4 Å². The van der Waals surface area contributed by atoms with Crippen LogP contribution in [0.3, 0.4) is 0 Å². The van der Waals surface area contributed by atoms with E-state index < -0.39 is 0 Å². The van der Waals surface area contributed by atoms with Crippen LogP contribution in [-0.4, -0.2) is 30.8 Å². The summed E-state index contributed by atoms with van der Waals surface area (Å²) in [6.45, 7) is 1.30. The van der Waals surface area contributed by atoms with Gasteiger partial charge in [0.25, 0.3) is 0 Å². The standard InChI is InChI=1S/C19H25FN2O2/c20-16-3-1-13(2-4-16)12-19(5-7-24-8-6-19)22-18(23)21-17-10-14-9-15(14)11-17/h1-4,14-15,17H,5-12H2,(H2,21,22,23). The molecule has 2 aliphatic carbocycles. The second-order valence-corrected chi connectivity index (χ2v) is 7.72. The van der Waals surface area contributed by atoms with Gasteiger partial charge >= 0.3 is 6.03 Å². The number of hydrogen-bond acceptors (Lipinski definition) is 2. The Labute approximate surface area is 142 Å². The topological polar surface area (TPSA) is 50.4 Å². The summed E-state index contributed by atoms with van der Waals surface area (Å²) in [5.74, 6) is 1.48. The Morgan fingerprint density at radius 1 is 1.12 bits per heavy atom. The number of benzene rings is 1. The summed E-state index contributed by atoms with van der Waals surface area (Å²) in [6, 6.07) is 6.83. The van der Waals surface area contributed by atoms with Gasteiger partial charge in [-0.05, 0) is 68.1 Å². The maximum Gasteiger partial charge on any atom is 0.315 e. The molecule has 2 N–H and O–H groups in total. The summed E-state index contributed by atoms with van der Waals surface area (Å²) < 4.78 is 18.6. The third-order valence-electron chi connectivity index (χ3n) is 5.86. The molecule has 1 aromatic carbocycles. The average molecular weight is 332 g/mol. The van der Waals surface area contributed by atoms with Crippen LogP contribution in [0.25, 0.3) is 0 Å². The summed E-state index contributed by atoms with van der Waals surface area (Å²) in [7, 11) is 0. The first kappa shape index (κ1) is 15.9. The van der Waals surface area contributed by atoms with Crippen LogP contribution in [0.15, 0.2) is 24.3 Å². The van der Waals surface area contributed by atoms with E-state index in [1.807, 2.05) is 0 Å². The molecule has 0 radical (unpaired) electrons. The molecule has 2 atom stereocenters. The zero-order valence-corrected chi connectivity index (χ0v) is 13.9. The number of hydrogen-bond donors (Lipinski definition) is 2. The fraction of sp³-hybridized carbons (Fsp3) is 0.632. The van der Waals surface area contributed by atoms with Crippen LogP contribution in [0, 0.1) is 17.7 Å². The van der Waals surface area contributed by atoms with Gasteiger partial charge in [0.15, 0.2) is 0 Å². The third-order valence-corrected chi connectivity index (χ3v) is 5.86. The molecule has 0 aromatic heterocycles. The average Bonchev–Trinajstić information content (AvgIpc) is 3.17. The van der Waals surface area contributed by atoms with Crippen molar-refractivity contribution in [3.63, 3.8) is 0 Å². The molecule has 1 heterocycles. The van der Waals surface area contributed by atoms with Gasteiger partial charge in [-0.2, -0.15) is 0 Å². The molecule has 130 valence electrons. The normalized spacial score (nSPS) is 30.5. The first-order chi connectivity index (χ1) is 11.6. The smallest absolute Gasteiger partial charge is 0.315 e. The Balaban J connectivity index is 1.40. The molecule has 1 aromatic rings. The highest BCUT2D eigenvalue weighted by Crippen LogP contribution is 2.51. The van der Waals surface area contributed by atoms with Gasteiger partial charge in [-0.25, -0.2) is 9.18 Å². The number of nitrogens with one attached hydrogen (secondary N) is 2. The highest BCUT2D eigenvalue weighted by Gasteiger charge is 2.46. The van der Waals surface area contributed by atoms with Crippen molar-refractivity contribution < 1.29 is 13.9 Å². The minimum Gasteiger partial charge on any atom is -0.381 e. The highest BCUT2D eigenvalue weighted by atomic mass is 19.1. The Bertz CT molecular complexity index is 588. The zero-order chi connectivity index (χ0) is 16.6. The number of carbonyl (C=O) groups is 1. The molecule has 4 rings (SSSR count). The lowest BCUT2D eigenvalue weighted by molar-refractivity contribution is 0.0422. The molecule has 1 saturated heterocycles. The predicted molar refractivity (Wildman–Crippen MR) is 89.2 cm³/mol. The minimum absolute atomic E-state index is 0.0645. The number of rotatable bonds is 4. The van der Waals surface area contributed by atoms with E-state index in [1.54, 1.807) is 12.1 Å². The van der Waals surface area contributed by atoms with Gasteiger partial charge in [-0.15, -0.1) is 0 Å². The summed E-state index contributed by atoms with van der Waals surface area (Å²) >= 11 is 0. The molecule has 1 aliphatic heterocycles. The quantitative estimate of drug-likeness (QED) is 0.890. The number of carbonyl (C=O) groups excluding carboxylic acids is 1. The van der Waals surface area contributed by atoms with Gasteiger partial charge in [0.05, 0.1) is 5.54 Å². The molecule has 4 nitrogen and oxygen atoms in total. The second-order valence-electron chi connectivity index (χ2n) is 7.72. The largest absolute Gasteiger partial charge is 0.381 e. The van der Waals surface area contributed by atoms with Crippen LogP contribution in [0.2, 0.25) is 0 Å². The predicted octanol–water partition coefficient (Wildman–Crippen LogP) is 3.02. The Morgan fingerprint density at radius 2 is 1.79 bits per heavy atom. The Hall–Kier alpha value is -1.62. The van der Waals surface area contributed by atoms with Gasteiger partial charge in [0.2, 0.25) is 0 Å². The van der Waals surface area contributed by atoms with E-state index in [4.69, 9.17) is 4.74 Å². The molecular weight excluding hydrogens is 307 g/mol. The van der Waals surface area contributed by atoms with Crippen LogP contribution in [0.4, 0.5) is 9.18 Å². The monoisotopic (exact) mass is 332 g/mol. The number of halogens is 1. The van der Waals surface area contributed by atoms with Gasteiger partial charge in [-0.1, -0.05) is 12.1 Å². The molecule has 0 spiro atoms. The molecular formula is C19H25FN2O2. The molecule has 3 fully saturated rings. The number of amides is 2. The number of urea groups is 1. The SMILES string of the molecule is O=C(NC1CC2CC2C1)NC1(Cc2ccc(F)cc2)CCOCC1. The lowest BCUT2D eigenvalue weighted by Crippen LogP contribution is -2.57. The van der Waals surface area contributed by atoms with E-state index in [2.05, 4.69) is 10.6 Å². The first-order valence-electron chi connectivity index (χ1n) is 9.03. The van der Waals surface area contributed by atoms with Gasteiger partial charge in [0.1, 0.15) is 5.82 Å². The number of ether oxygens (including phenoxy) is 1. The Kier molecular flexibility index (Phi) is 4.21. The van der Waals surface area contributed by atoms with E-state index in [0.29, 0.717) is 25.7 Å².